The van der Waals surface area contributed by atoms with Gasteiger partial charge in [-0.05, 0) is 41.6 Å². The summed E-state index contributed by atoms with van der Waals surface area (Å²) in [4.78, 5) is 13.4. The standard InChI is InChI=1S/C22H19FN4OS2/c1-15-9-10-17(12-18(15)23)24-20(28)14-30-22-26-25-21(19-8-5-11-29-19)27(22)13-16-6-3-2-4-7-16/h2-12H,13-14H2,1H3,(H,24,28). The number of benzene rings is 2. The second-order valence-electron chi connectivity index (χ2n) is 6.66. The van der Waals surface area contributed by atoms with Crippen molar-refractivity contribution in [2.24, 2.45) is 0 Å². The molecule has 2 aromatic carbocycles. The Labute approximate surface area is 182 Å². The SMILES string of the molecule is Cc1ccc(NC(=O)CSc2nnc(-c3cccs3)n2Cc2ccccc2)cc1F. The highest BCUT2D eigenvalue weighted by atomic mass is 32.2. The van der Waals surface area contributed by atoms with Crippen LogP contribution in [0.2, 0.25) is 0 Å². The lowest BCUT2D eigenvalue weighted by Crippen LogP contribution is -2.15. The lowest BCUT2D eigenvalue weighted by atomic mass is 10.2. The Balaban J connectivity index is 1.50. The number of halogens is 1. The average molecular weight is 439 g/mol. The predicted octanol–water partition coefficient (Wildman–Crippen LogP) is 5.23. The summed E-state index contributed by atoms with van der Waals surface area (Å²) >= 11 is 2.90. The number of nitrogens with one attached hydrogen (secondary N) is 1. The number of hydrogen-bond donors (Lipinski definition) is 1. The van der Waals surface area contributed by atoms with Crippen LogP contribution in [0.5, 0.6) is 0 Å². The molecule has 30 heavy (non-hydrogen) atoms. The zero-order valence-electron chi connectivity index (χ0n) is 16.2. The molecular weight excluding hydrogens is 419 g/mol. The minimum Gasteiger partial charge on any atom is -0.325 e. The third kappa shape index (κ3) is 4.77. The van der Waals surface area contributed by atoms with Gasteiger partial charge >= 0.3 is 0 Å². The van der Waals surface area contributed by atoms with Gasteiger partial charge in [-0.2, -0.15) is 0 Å². The van der Waals surface area contributed by atoms with Crippen molar-refractivity contribution in [1.82, 2.24) is 14.8 Å². The van der Waals surface area contributed by atoms with Crippen molar-refractivity contribution in [2.75, 3.05) is 11.1 Å². The van der Waals surface area contributed by atoms with Crippen molar-refractivity contribution in [3.05, 3.63) is 83.0 Å². The highest BCUT2D eigenvalue weighted by Crippen LogP contribution is 2.28. The third-order valence-electron chi connectivity index (χ3n) is 4.43. The first-order chi connectivity index (χ1) is 14.6. The minimum atomic E-state index is -0.344. The zero-order chi connectivity index (χ0) is 20.9. The van der Waals surface area contributed by atoms with E-state index in [9.17, 15) is 9.18 Å². The van der Waals surface area contributed by atoms with Crippen LogP contribution < -0.4 is 5.32 Å². The number of thioether (sulfide) groups is 1. The third-order valence-corrected chi connectivity index (χ3v) is 6.26. The van der Waals surface area contributed by atoms with E-state index in [4.69, 9.17) is 0 Å². The number of rotatable bonds is 7. The van der Waals surface area contributed by atoms with Gasteiger partial charge in [0.2, 0.25) is 5.91 Å². The van der Waals surface area contributed by atoms with Gasteiger partial charge in [0, 0.05) is 5.69 Å². The van der Waals surface area contributed by atoms with Crippen LogP contribution in [0.15, 0.2) is 71.2 Å². The summed E-state index contributed by atoms with van der Waals surface area (Å²) in [6.45, 7) is 2.29. The number of amides is 1. The molecule has 2 heterocycles. The van der Waals surface area contributed by atoms with Gasteiger partial charge in [0.15, 0.2) is 11.0 Å². The first-order valence-electron chi connectivity index (χ1n) is 9.30. The van der Waals surface area contributed by atoms with Crippen molar-refractivity contribution in [2.45, 2.75) is 18.6 Å². The summed E-state index contributed by atoms with van der Waals surface area (Å²) in [5.74, 6) is 0.351. The average Bonchev–Trinajstić information content (AvgIpc) is 3.40. The fourth-order valence-corrected chi connectivity index (χ4v) is 4.34. The van der Waals surface area contributed by atoms with Gasteiger partial charge in [-0.15, -0.1) is 21.5 Å². The Morgan fingerprint density at radius 2 is 1.97 bits per heavy atom. The van der Waals surface area contributed by atoms with Crippen LogP contribution in [0.4, 0.5) is 10.1 Å². The molecule has 0 atom stereocenters. The molecule has 0 saturated heterocycles. The van der Waals surface area contributed by atoms with Crippen LogP contribution in [0.1, 0.15) is 11.1 Å². The summed E-state index contributed by atoms with van der Waals surface area (Å²) < 4.78 is 15.7. The van der Waals surface area contributed by atoms with Crippen LogP contribution >= 0.6 is 23.1 Å². The normalized spacial score (nSPS) is 10.9. The minimum absolute atomic E-state index is 0.146. The molecule has 1 amide bonds. The lowest BCUT2D eigenvalue weighted by Gasteiger charge is -2.10. The van der Waals surface area contributed by atoms with E-state index in [1.165, 1.54) is 17.8 Å². The van der Waals surface area contributed by atoms with Crippen molar-refractivity contribution in [3.8, 4) is 10.7 Å². The largest absolute Gasteiger partial charge is 0.325 e. The maximum Gasteiger partial charge on any atom is 0.234 e. The summed E-state index contributed by atoms with van der Waals surface area (Å²) in [6, 6.07) is 18.7. The Kier molecular flexibility index (Phi) is 6.25. The van der Waals surface area contributed by atoms with Crippen LogP contribution in [-0.4, -0.2) is 26.4 Å². The van der Waals surface area contributed by atoms with E-state index in [0.29, 0.717) is 23.0 Å². The van der Waals surface area contributed by atoms with Crippen molar-refractivity contribution >= 4 is 34.7 Å². The molecule has 152 valence electrons. The van der Waals surface area contributed by atoms with Gasteiger partial charge in [0.1, 0.15) is 5.82 Å². The number of carbonyl (C=O) groups excluding carboxylic acids is 1. The number of thiophene rings is 1. The van der Waals surface area contributed by atoms with Crippen LogP contribution in [-0.2, 0) is 11.3 Å². The second kappa shape index (κ2) is 9.23. The number of aryl methyl sites for hydroxylation is 1. The summed E-state index contributed by atoms with van der Waals surface area (Å²) in [5.41, 5.74) is 2.10. The molecule has 0 bridgehead atoms. The molecule has 1 N–H and O–H groups in total. The first kappa shape index (κ1) is 20.3. The van der Waals surface area contributed by atoms with Crippen molar-refractivity contribution in [3.63, 3.8) is 0 Å². The highest BCUT2D eigenvalue weighted by Gasteiger charge is 2.17. The van der Waals surface area contributed by atoms with E-state index in [-0.39, 0.29) is 17.5 Å². The number of anilines is 1. The molecule has 0 aliphatic carbocycles. The van der Waals surface area contributed by atoms with E-state index in [2.05, 4.69) is 15.5 Å². The van der Waals surface area contributed by atoms with Gasteiger partial charge < -0.3 is 5.32 Å². The second-order valence-corrected chi connectivity index (χ2v) is 8.55. The molecule has 2 aromatic heterocycles. The summed E-state index contributed by atoms with van der Waals surface area (Å²) in [6.07, 6.45) is 0. The Morgan fingerprint density at radius 1 is 1.13 bits per heavy atom. The molecule has 4 aromatic rings. The Morgan fingerprint density at radius 3 is 2.70 bits per heavy atom. The topological polar surface area (TPSA) is 59.8 Å². The fourth-order valence-electron chi connectivity index (χ4n) is 2.89. The first-order valence-corrected chi connectivity index (χ1v) is 11.2. The molecule has 0 aliphatic heterocycles. The molecule has 8 heteroatoms. The van der Waals surface area contributed by atoms with Crippen LogP contribution in [0.3, 0.4) is 0 Å². The number of nitrogens with zero attached hydrogens (tertiary/aromatic N) is 3. The maximum atomic E-state index is 13.7. The molecular formula is C22H19FN4OS2. The molecule has 0 radical (unpaired) electrons. The quantitative estimate of drug-likeness (QED) is 0.401. The predicted molar refractivity (Wildman–Crippen MR) is 119 cm³/mol. The van der Waals surface area contributed by atoms with E-state index in [1.54, 1.807) is 30.4 Å². The molecule has 0 saturated carbocycles. The Hall–Kier alpha value is -2.97. The molecule has 0 aliphatic rings. The fraction of sp³-hybridized carbons (Fsp3) is 0.136. The van der Waals surface area contributed by atoms with E-state index >= 15 is 0 Å². The molecule has 4 rings (SSSR count). The van der Waals surface area contributed by atoms with Gasteiger partial charge in [0.25, 0.3) is 0 Å². The number of hydrogen-bond acceptors (Lipinski definition) is 5. The summed E-state index contributed by atoms with van der Waals surface area (Å²) in [5, 5.41) is 14.1. The van der Waals surface area contributed by atoms with E-state index in [1.807, 2.05) is 52.4 Å². The lowest BCUT2D eigenvalue weighted by molar-refractivity contribution is -0.113. The van der Waals surface area contributed by atoms with E-state index < -0.39 is 0 Å². The molecule has 5 nitrogen and oxygen atoms in total. The maximum absolute atomic E-state index is 13.7. The van der Waals surface area contributed by atoms with Crippen molar-refractivity contribution < 1.29 is 9.18 Å². The summed E-state index contributed by atoms with van der Waals surface area (Å²) in [7, 11) is 0. The molecule has 0 spiro atoms. The van der Waals surface area contributed by atoms with Gasteiger partial charge in [0.05, 0.1) is 17.2 Å². The number of aromatic nitrogens is 3. The van der Waals surface area contributed by atoms with Crippen LogP contribution in [0, 0.1) is 12.7 Å². The zero-order valence-corrected chi connectivity index (χ0v) is 17.8. The number of carbonyl (C=O) groups is 1. The molecule has 0 unspecified atom stereocenters. The molecule has 0 fully saturated rings. The smallest absolute Gasteiger partial charge is 0.234 e. The van der Waals surface area contributed by atoms with Crippen LogP contribution in [0.25, 0.3) is 10.7 Å². The van der Waals surface area contributed by atoms with Gasteiger partial charge in [-0.1, -0.05) is 54.2 Å². The highest BCUT2D eigenvalue weighted by molar-refractivity contribution is 7.99. The Bertz CT molecular complexity index is 1140. The van der Waals surface area contributed by atoms with E-state index in [0.717, 1.165) is 16.3 Å². The van der Waals surface area contributed by atoms with Gasteiger partial charge in [-0.25, -0.2) is 4.39 Å². The van der Waals surface area contributed by atoms with Gasteiger partial charge in [-0.3, -0.25) is 9.36 Å². The monoisotopic (exact) mass is 438 g/mol. The van der Waals surface area contributed by atoms with Crippen molar-refractivity contribution in [1.29, 1.82) is 0 Å².